The molecule has 4 aromatic rings. The Hall–Kier alpha value is -4.99. The average Bonchev–Trinajstić information content (AvgIpc) is 3.68. The van der Waals surface area contributed by atoms with Crippen LogP contribution in [0.1, 0.15) is 66.0 Å². The fraction of sp³-hybridized carbons (Fsp3) is 0.385. The van der Waals surface area contributed by atoms with Gasteiger partial charge >= 0.3 is 12.1 Å². The molecule has 0 spiro atoms. The minimum absolute atomic E-state index is 0.00851. The maximum Gasteiger partial charge on any atom is 0.421 e. The van der Waals surface area contributed by atoms with Crippen LogP contribution in [0.25, 0.3) is 22.4 Å². The zero-order valence-electron chi connectivity index (χ0n) is 29.9. The molecule has 4 N–H and O–H groups in total. The topological polar surface area (TPSA) is 144 Å². The summed E-state index contributed by atoms with van der Waals surface area (Å²) in [6.07, 6.45) is -2.91. The van der Waals surface area contributed by atoms with Gasteiger partial charge in [-0.15, -0.1) is 0 Å². The van der Waals surface area contributed by atoms with Crippen molar-refractivity contribution >= 4 is 23.5 Å². The van der Waals surface area contributed by atoms with E-state index in [0.717, 1.165) is 17.2 Å². The van der Waals surface area contributed by atoms with E-state index in [1.807, 2.05) is 6.07 Å². The lowest BCUT2D eigenvalue weighted by Gasteiger charge is -2.21. The Bertz CT molecular complexity index is 2150. The van der Waals surface area contributed by atoms with Crippen LogP contribution in [0.5, 0.6) is 17.6 Å². The monoisotopic (exact) mass is 783 g/mol. The van der Waals surface area contributed by atoms with Gasteiger partial charge in [-0.25, -0.2) is 9.37 Å². The SMILES string of the molecule is COc1nc(O[C@H]2CCc3c(-c4cccc(-c5cc(F)c(CNC[C@@H]6CCC(=O)N6)c(OC)n5)c4Cl)cccc32)c(C(F)(F)F)cc1CNC1(C(=O)O)CC1. The normalized spacial score (nSPS) is 18.5. The largest absolute Gasteiger partial charge is 0.481 e. The number of carbonyl (C=O) groups is 2. The van der Waals surface area contributed by atoms with Gasteiger partial charge in [0.15, 0.2) is 0 Å². The summed E-state index contributed by atoms with van der Waals surface area (Å²) < 4.78 is 75.7. The number of nitrogens with zero attached hydrogens (tertiary/aromatic N) is 2. The van der Waals surface area contributed by atoms with E-state index in [2.05, 4.69) is 25.9 Å². The van der Waals surface area contributed by atoms with Crippen LogP contribution in [0.15, 0.2) is 48.5 Å². The van der Waals surface area contributed by atoms with E-state index in [4.69, 9.17) is 25.8 Å². The molecule has 2 aromatic carbocycles. The van der Waals surface area contributed by atoms with Crippen molar-refractivity contribution in [2.45, 2.75) is 75.5 Å². The molecule has 55 heavy (non-hydrogen) atoms. The summed E-state index contributed by atoms with van der Waals surface area (Å²) in [6.45, 7) is 0.398. The minimum atomic E-state index is -4.83. The highest BCUT2D eigenvalue weighted by molar-refractivity contribution is 6.36. The second-order valence-electron chi connectivity index (χ2n) is 13.8. The van der Waals surface area contributed by atoms with Crippen LogP contribution in [0.4, 0.5) is 17.6 Å². The fourth-order valence-corrected chi connectivity index (χ4v) is 7.55. The van der Waals surface area contributed by atoms with Crippen LogP contribution in [-0.2, 0) is 35.3 Å². The molecule has 0 bridgehead atoms. The lowest BCUT2D eigenvalue weighted by molar-refractivity contribution is -0.141. The number of carbonyl (C=O) groups excluding carboxylic acids is 1. The summed E-state index contributed by atoms with van der Waals surface area (Å²) in [5.41, 5.74) is 1.53. The molecule has 290 valence electrons. The summed E-state index contributed by atoms with van der Waals surface area (Å²) in [7, 11) is 2.67. The molecule has 2 fully saturated rings. The van der Waals surface area contributed by atoms with E-state index >= 15 is 4.39 Å². The van der Waals surface area contributed by atoms with E-state index in [-0.39, 0.29) is 53.6 Å². The molecule has 1 aliphatic heterocycles. The maximum atomic E-state index is 15.6. The smallest absolute Gasteiger partial charge is 0.421 e. The summed E-state index contributed by atoms with van der Waals surface area (Å²) in [6, 6.07) is 12.8. The van der Waals surface area contributed by atoms with E-state index < -0.39 is 41.0 Å². The predicted octanol–water partition coefficient (Wildman–Crippen LogP) is 6.78. The van der Waals surface area contributed by atoms with Gasteiger partial charge in [0.2, 0.25) is 23.5 Å². The van der Waals surface area contributed by atoms with E-state index in [0.29, 0.717) is 66.8 Å². The number of carboxylic acids is 1. The summed E-state index contributed by atoms with van der Waals surface area (Å²) in [4.78, 5) is 31.8. The number of methoxy groups -OCH3 is 2. The number of benzene rings is 2. The third-order valence-corrected chi connectivity index (χ3v) is 10.7. The van der Waals surface area contributed by atoms with Crippen LogP contribution in [0.3, 0.4) is 0 Å². The molecule has 1 saturated heterocycles. The van der Waals surface area contributed by atoms with Crippen LogP contribution < -0.4 is 30.2 Å². The summed E-state index contributed by atoms with van der Waals surface area (Å²) in [5, 5.41) is 18.6. The number of halogens is 5. The van der Waals surface area contributed by atoms with Gasteiger partial charge in [-0.3, -0.25) is 14.9 Å². The molecule has 1 saturated carbocycles. The number of nitrogens with one attached hydrogen (secondary N) is 3. The number of aromatic nitrogens is 2. The molecular weight excluding hydrogens is 746 g/mol. The fourth-order valence-electron chi connectivity index (χ4n) is 7.22. The molecule has 16 heteroatoms. The summed E-state index contributed by atoms with van der Waals surface area (Å²) in [5.74, 6) is -2.31. The third-order valence-electron chi connectivity index (χ3n) is 10.3. The first kappa shape index (κ1) is 38.3. The van der Waals surface area contributed by atoms with Gasteiger partial charge in [0.25, 0.3) is 0 Å². The number of aliphatic carboxylic acids is 1. The number of rotatable bonds is 14. The van der Waals surface area contributed by atoms with Crippen LogP contribution in [-0.4, -0.2) is 59.3 Å². The molecule has 0 unspecified atom stereocenters. The molecule has 2 atom stereocenters. The number of ether oxygens (including phenoxy) is 3. The molecule has 1 amide bonds. The Morgan fingerprint density at radius 1 is 0.982 bits per heavy atom. The Morgan fingerprint density at radius 2 is 1.71 bits per heavy atom. The highest BCUT2D eigenvalue weighted by Crippen LogP contribution is 2.46. The molecule has 7 rings (SSSR count). The number of pyridine rings is 2. The molecule has 2 aliphatic carbocycles. The Balaban J connectivity index is 1.14. The van der Waals surface area contributed by atoms with Crippen molar-refractivity contribution in [1.29, 1.82) is 0 Å². The minimum Gasteiger partial charge on any atom is -0.481 e. The number of hydrogen-bond acceptors (Lipinski definition) is 9. The molecule has 3 heterocycles. The number of alkyl halides is 3. The molecule has 0 radical (unpaired) electrons. The van der Waals surface area contributed by atoms with Gasteiger partial charge in [0, 0.05) is 54.9 Å². The molecular formula is C39H38ClF4N5O6. The quantitative estimate of drug-likeness (QED) is 0.101. The van der Waals surface area contributed by atoms with Crippen LogP contribution >= 0.6 is 11.6 Å². The molecule has 3 aliphatic rings. The van der Waals surface area contributed by atoms with Crippen molar-refractivity contribution in [3.05, 3.63) is 87.2 Å². The van der Waals surface area contributed by atoms with Gasteiger partial charge in [-0.1, -0.05) is 48.0 Å². The van der Waals surface area contributed by atoms with E-state index in [1.165, 1.54) is 20.3 Å². The second kappa shape index (κ2) is 15.3. The Morgan fingerprint density at radius 3 is 2.38 bits per heavy atom. The van der Waals surface area contributed by atoms with Crippen molar-refractivity contribution in [3.8, 4) is 40.0 Å². The Kier molecular flexibility index (Phi) is 10.6. The van der Waals surface area contributed by atoms with Gasteiger partial charge in [-0.2, -0.15) is 18.2 Å². The van der Waals surface area contributed by atoms with E-state index in [1.54, 1.807) is 30.3 Å². The highest BCUT2D eigenvalue weighted by Gasteiger charge is 2.50. The first-order chi connectivity index (χ1) is 26.3. The summed E-state index contributed by atoms with van der Waals surface area (Å²) >= 11 is 7.03. The number of amides is 1. The first-order valence-electron chi connectivity index (χ1n) is 17.8. The number of hydrogen-bond donors (Lipinski definition) is 4. The third kappa shape index (κ3) is 7.78. The first-order valence-corrected chi connectivity index (χ1v) is 18.1. The van der Waals surface area contributed by atoms with Crippen LogP contribution in [0, 0.1) is 5.82 Å². The maximum absolute atomic E-state index is 15.6. The number of fused-ring (bicyclic) bond motifs is 1. The standard InChI is InChI=1S/C39H38ClF4N5O6/c1-53-34-20(17-46-38(13-14-38)37(51)52)15-28(39(42,43)44)36(49-34)55-31-11-10-23-22(5-3-6-24(23)31)25-7-4-8-26(33(25)40)30-16-29(41)27(35(48-30)54-2)19-45-18-21-9-12-32(50)47-21/h3-8,15-16,21,31,45-46H,9-14,17-19H2,1-2H3,(H,47,50)(H,51,52)/t21-,31-/m0/s1. The van der Waals surface area contributed by atoms with Crippen molar-refractivity contribution in [2.24, 2.45) is 0 Å². The van der Waals surface area contributed by atoms with Crippen LogP contribution in [0.2, 0.25) is 5.02 Å². The molecule has 11 nitrogen and oxygen atoms in total. The average molecular weight is 784 g/mol. The number of carboxylic acid groups (broad SMARTS) is 1. The Labute approximate surface area is 318 Å². The van der Waals surface area contributed by atoms with Gasteiger partial charge in [0.1, 0.15) is 23.0 Å². The zero-order valence-corrected chi connectivity index (χ0v) is 30.7. The lowest BCUT2D eigenvalue weighted by atomic mass is 9.94. The molecule has 2 aromatic heterocycles. The predicted molar refractivity (Wildman–Crippen MR) is 193 cm³/mol. The van der Waals surface area contributed by atoms with Gasteiger partial charge < -0.3 is 30.0 Å². The van der Waals surface area contributed by atoms with E-state index in [9.17, 15) is 27.9 Å². The van der Waals surface area contributed by atoms with Crippen molar-refractivity contribution in [3.63, 3.8) is 0 Å². The second-order valence-corrected chi connectivity index (χ2v) is 14.2. The van der Waals surface area contributed by atoms with Crippen molar-refractivity contribution in [2.75, 3.05) is 20.8 Å². The highest BCUT2D eigenvalue weighted by atomic mass is 35.5. The van der Waals surface area contributed by atoms with Crippen molar-refractivity contribution in [1.82, 2.24) is 25.9 Å². The zero-order chi connectivity index (χ0) is 39.1. The van der Waals surface area contributed by atoms with Crippen molar-refractivity contribution < 1.29 is 46.5 Å². The van der Waals surface area contributed by atoms with Gasteiger partial charge in [0.05, 0.1) is 30.5 Å². The lowest BCUT2D eigenvalue weighted by Crippen LogP contribution is -2.38. The van der Waals surface area contributed by atoms with Gasteiger partial charge in [-0.05, 0) is 54.9 Å².